The summed E-state index contributed by atoms with van der Waals surface area (Å²) in [5.74, 6) is 1.44. The molecule has 2 aromatic rings. The van der Waals surface area contributed by atoms with Gasteiger partial charge in [0.05, 0.1) is 30.4 Å². The summed E-state index contributed by atoms with van der Waals surface area (Å²) in [6.45, 7) is 7.20. The van der Waals surface area contributed by atoms with Crippen molar-refractivity contribution >= 4 is 17.3 Å². The highest BCUT2D eigenvalue weighted by Gasteiger charge is 2.08. The number of thiazole rings is 1. The predicted molar refractivity (Wildman–Crippen MR) is 105 cm³/mol. The molecule has 0 spiro atoms. The van der Waals surface area contributed by atoms with Gasteiger partial charge in [-0.2, -0.15) is 0 Å². The maximum Gasteiger partial charge on any atom is 0.213 e. The number of hydrogen-bond acceptors (Lipinski definition) is 6. The number of pyridine rings is 1. The van der Waals surface area contributed by atoms with Crippen LogP contribution in [0.5, 0.6) is 5.88 Å². The molecule has 0 radical (unpaired) electrons. The van der Waals surface area contributed by atoms with E-state index in [9.17, 15) is 0 Å². The Bertz CT molecular complexity index is 687. The number of nitrogens with zero attached hydrogens (tertiary/aromatic N) is 4. The second kappa shape index (κ2) is 10.7. The molecule has 0 aliphatic heterocycles. The van der Waals surface area contributed by atoms with E-state index in [0.29, 0.717) is 25.6 Å². The third-order valence-electron chi connectivity index (χ3n) is 3.51. The van der Waals surface area contributed by atoms with E-state index in [-0.39, 0.29) is 0 Å². The first kappa shape index (κ1) is 20.1. The van der Waals surface area contributed by atoms with E-state index in [1.165, 1.54) is 0 Å². The highest BCUT2D eigenvalue weighted by atomic mass is 32.1. The molecule has 1 N–H and O–H groups in total. The maximum absolute atomic E-state index is 5.47. The fraction of sp³-hybridized carbons (Fsp3) is 0.500. The van der Waals surface area contributed by atoms with Gasteiger partial charge in [0.2, 0.25) is 5.88 Å². The third-order valence-corrected chi connectivity index (χ3v) is 4.33. The Kier molecular flexibility index (Phi) is 8.30. The highest BCUT2D eigenvalue weighted by molar-refractivity contribution is 7.09. The van der Waals surface area contributed by atoms with Gasteiger partial charge in [0, 0.05) is 38.3 Å². The Morgan fingerprint density at radius 2 is 2.19 bits per heavy atom. The first-order valence-electron chi connectivity index (χ1n) is 8.59. The molecule has 2 aromatic heterocycles. The van der Waals surface area contributed by atoms with Crippen LogP contribution in [-0.4, -0.2) is 54.7 Å². The molecular formula is C18H27N5O2S. The zero-order chi connectivity index (χ0) is 18.8. The van der Waals surface area contributed by atoms with Gasteiger partial charge in [-0.15, -0.1) is 11.3 Å². The van der Waals surface area contributed by atoms with Gasteiger partial charge in [0.25, 0.3) is 0 Å². The van der Waals surface area contributed by atoms with E-state index in [0.717, 1.165) is 35.3 Å². The van der Waals surface area contributed by atoms with Crippen LogP contribution in [0, 0.1) is 6.92 Å². The van der Waals surface area contributed by atoms with Crippen molar-refractivity contribution in [1.82, 2.24) is 20.2 Å². The number of aliphatic imine (C=N–C) groups is 1. The molecule has 8 heteroatoms. The largest absolute Gasteiger partial charge is 0.475 e. The fourth-order valence-electron chi connectivity index (χ4n) is 2.25. The fourth-order valence-corrected chi connectivity index (χ4v) is 2.86. The maximum atomic E-state index is 5.47. The number of ether oxygens (including phenoxy) is 2. The summed E-state index contributed by atoms with van der Waals surface area (Å²) < 4.78 is 10.4. The minimum Gasteiger partial charge on any atom is -0.475 e. The summed E-state index contributed by atoms with van der Waals surface area (Å²) in [5, 5.41) is 6.48. The lowest BCUT2D eigenvalue weighted by Crippen LogP contribution is -2.38. The summed E-state index contributed by atoms with van der Waals surface area (Å²) in [5.41, 5.74) is 2.08. The van der Waals surface area contributed by atoms with Crippen LogP contribution in [-0.2, 0) is 17.8 Å². The first-order chi connectivity index (χ1) is 12.6. The lowest BCUT2D eigenvalue weighted by Gasteiger charge is -2.21. The molecule has 0 fully saturated rings. The number of guanidine groups is 1. The van der Waals surface area contributed by atoms with Crippen LogP contribution in [0.4, 0.5) is 0 Å². The molecule has 142 valence electrons. The smallest absolute Gasteiger partial charge is 0.213 e. The molecule has 0 atom stereocenters. The molecular weight excluding hydrogens is 350 g/mol. The second-order valence-corrected chi connectivity index (χ2v) is 6.79. The zero-order valence-electron chi connectivity index (χ0n) is 15.9. The average molecular weight is 378 g/mol. The Morgan fingerprint density at radius 1 is 1.35 bits per heavy atom. The monoisotopic (exact) mass is 377 g/mol. The second-order valence-electron chi connectivity index (χ2n) is 5.73. The van der Waals surface area contributed by atoms with Gasteiger partial charge < -0.3 is 19.7 Å². The van der Waals surface area contributed by atoms with Crippen LogP contribution < -0.4 is 10.1 Å². The van der Waals surface area contributed by atoms with Gasteiger partial charge in [0.1, 0.15) is 6.61 Å². The van der Waals surface area contributed by atoms with Crippen molar-refractivity contribution in [3.63, 3.8) is 0 Å². The average Bonchev–Trinajstić information content (AvgIpc) is 3.04. The Balaban J connectivity index is 1.94. The van der Waals surface area contributed by atoms with Crippen LogP contribution in [0.1, 0.15) is 23.2 Å². The van der Waals surface area contributed by atoms with Crippen LogP contribution >= 0.6 is 11.3 Å². The van der Waals surface area contributed by atoms with Crippen molar-refractivity contribution < 1.29 is 9.47 Å². The van der Waals surface area contributed by atoms with Crippen molar-refractivity contribution in [1.29, 1.82) is 0 Å². The molecule has 0 aliphatic carbocycles. The molecule has 0 aromatic carbocycles. The number of nitrogens with one attached hydrogen (secondary N) is 1. The van der Waals surface area contributed by atoms with E-state index in [1.807, 2.05) is 26.1 Å². The van der Waals surface area contributed by atoms with E-state index >= 15 is 0 Å². The minimum atomic E-state index is 0.493. The highest BCUT2D eigenvalue weighted by Crippen LogP contribution is 2.11. The summed E-state index contributed by atoms with van der Waals surface area (Å²) in [7, 11) is 3.66. The molecule has 0 bridgehead atoms. The molecule has 2 heterocycles. The van der Waals surface area contributed by atoms with Gasteiger partial charge in [-0.25, -0.2) is 15.0 Å². The molecule has 0 unspecified atom stereocenters. The molecule has 0 aliphatic rings. The zero-order valence-corrected chi connectivity index (χ0v) is 16.7. The molecule has 0 saturated heterocycles. The summed E-state index contributed by atoms with van der Waals surface area (Å²) >= 11 is 1.66. The lowest BCUT2D eigenvalue weighted by molar-refractivity contribution is 0.143. The van der Waals surface area contributed by atoms with Crippen LogP contribution in [0.15, 0.2) is 28.7 Å². The molecule has 0 amide bonds. The van der Waals surface area contributed by atoms with E-state index in [4.69, 9.17) is 14.5 Å². The number of aryl methyl sites for hydroxylation is 1. The standard InChI is InChI=1S/C18H27N5O2S/c1-5-19-18(23(3)12-16-13-26-14(2)22-16)21-11-15-6-7-17(20-10-15)25-9-8-24-4/h6-7,10,13H,5,8-9,11-12H2,1-4H3,(H,19,21). The number of hydrogen-bond donors (Lipinski definition) is 1. The first-order valence-corrected chi connectivity index (χ1v) is 9.47. The topological polar surface area (TPSA) is 71.9 Å². The van der Waals surface area contributed by atoms with Crippen molar-refractivity contribution in [2.24, 2.45) is 4.99 Å². The lowest BCUT2D eigenvalue weighted by atomic mass is 10.3. The Labute approximate surface area is 159 Å². The predicted octanol–water partition coefficient (Wildman–Crippen LogP) is 2.47. The van der Waals surface area contributed by atoms with Gasteiger partial charge in [0.15, 0.2) is 5.96 Å². The quantitative estimate of drug-likeness (QED) is 0.411. The minimum absolute atomic E-state index is 0.493. The number of methoxy groups -OCH3 is 1. The molecule has 7 nitrogen and oxygen atoms in total. The van der Waals surface area contributed by atoms with E-state index in [2.05, 4.69) is 32.5 Å². The summed E-state index contributed by atoms with van der Waals surface area (Å²) in [6, 6.07) is 3.83. The Morgan fingerprint density at radius 3 is 2.81 bits per heavy atom. The van der Waals surface area contributed by atoms with E-state index in [1.54, 1.807) is 24.6 Å². The van der Waals surface area contributed by atoms with Crippen LogP contribution in [0.2, 0.25) is 0 Å². The third kappa shape index (κ3) is 6.61. The number of rotatable bonds is 9. The van der Waals surface area contributed by atoms with Gasteiger partial charge in [-0.05, 0) is 19.4 Å². The summed E-state index contributed by atoms with van der Waals surface area (Å²) in [6.07, 6.45) is 1.79. The molecule has 26 heavy (non-hydrogen) atoms. The normalized spacial score (nSPS) is 11.5. The van der Waals surface area contributed by atoms with Crippen molar-refractivity contribution in [3.05, 3.63) is 40.0 Å². The number of aromatic nitrogens is 2. The summed E-state index contributed by atoms with van der Waals surface area (Å²) in [4.78, 5) is 15.6. The van der Waals surface area contributed by atoms with Gasteiger partial charge in [-0.3, -0.25) is 0 Å². The Hall–Kier alpha value is -2.19. The van der Waals surface area contributed by atoms with Crippen LogP contribution in [0.25, 0.3) is 0 Å². The van der Waals surface area contributed by atoms with Crippen molar-refractivity contribution in [2.75, 3.05) is 33.9 Å². The van der Waals surface area contributed by atoms with Gasteiger partial charge in [-0.1, -0.05) is 6.07 Å². The van der Waals surface area contributed by atoms with Gasteiger partial charge >= 0.3 is 0 Å². The van der Waals surface area contributed by atoms with E-state index < -0.39 is 0 Å². The molecule has 2 rings (SSSR count). The van der Waals surface area contributed by atoms with Crippen molar-refractivity contribution in [3.8, 4) is 5.88 Å². The molecule has 0 saturated carbocycles. The van der Waals surface area contributed by atoms with Crippen LogP contribution in [0.3, 0.4) is 0 Å². The van der Waals surface area contributed by atoms with Crippen molar-refractivity contribution in [2.45, 2.75) is 26.9 Å². The SMILES string of the molecule is CCNC(=NCc1ccc(OCCOC)nc1)N(C)Cc1csc(C)n1.